The predicted molar refractivity (Wildman–Crippen MR) is 62.7 cm³/mol. The fourth-order valence-electron chi connectivity index (χ4n) is 2.42. The highest BCUT2D eigenvalue weighted by Crippen LogP contribution is 2.38. The van der Waals surface area contributed by atoms with Crippen LogP contribution in [-0.2, 0) is 15.8 Å². The van der Waals surface area contributed by atoms with Gasteiger partial charge in [-0.05, 0) is 17.7 Å². The Morgan fingerprint density at radius 1 is 1.30 bits per heavy atom. The smallest absolute Gasteiger partial charge is 0.416 e. The number of nitrogens with zero attached hydrogens (tertiary/aromatic N) is 1. The molecule has 0 unspecified atom stereocenters. The van der Waals surface area contributed by atoms with Gasteiger partial charge in [-0.25, -0.2) is 0 Å². The predicted octanol–water partition coefficient (Wildman–Crippen LogP) is 2.31. The molecule has 1 fully saturated rings. The number of hydrogen-bond acceptors (Lipinski definition) is 2. The SMILES string of the molecule is CN1C(=O)C[C@H](C(=O)O)[C@H]1c1ccc(C(F)(F)F)cc1. The molecule has 20 heavy (non-hydrogen) atoms. The summed E-state index contributed by atoms with van der Waals surface area (Å²) in [5.74, 6) is -2.40. The van der Waals surface area contributed by atoms with E-state index in [-0.39, 0.29) is 12.3 Å². The van der Waals surface area contributed by atoms with Crippen molar-refractivity contribution in [2.45, 2.75) is 18.6 Å². The fraction of sp³-hybridized carbons (Fsp3) is 0.385. The third-order valence-corrected chi connectivity index (χ3v) is 3.48. The standard InChI is InChI=1S/C13H12F3NO3/c1-17-10(18)6-9(12(19)20)11(17)7-2-4-8(5-3-7)13(14,15)16/h2-5,9,11H,6H2,1H3,(H,19,20)/t9-,11+/m0/s1. The first-order chi connectivity index (χ1) is 9.21. The van der Waals surface area contributed by atoms with E-state index in [1.807, 2.05) is 0 Å². The maximum atomic E-state index is 12.5. The van der Waals surface area contributed by atoms with Gasteiger partial charge in [-0.1, -0.05) is 12.1 Å². The molecule has 0 bridgehead atoms. The maximum absolute atomic E-state index is 12.5. The number of aliphatic carboxylic acids is 1. The molecule has 1 saturated heterocycles. The second-order valence-corrected chi connectivity index (χ2v) is 4.72. The molecule has 1 aromatic carbocycles. The van der Waals surface area contributed by atoms with Gasteiger partial charge in [0.15, 0.2) is 0 Å². The number of hydrogen-bond donors (Lipinski definition) is 1. The lowest BCUT2D eigenvalue weighted by atomic mass is 9.93. The molecule has 0 aromatic heterocycles. The molecule has 2 rings (SSSR count). The van der Waals surface area contributed by atoms with Gasteiger partial charge in [0.1, 0.15) is 0 Å². The maximum Gasteiger partial charge on any atom is 0.416 e. The normalized spacial score (nSPS) is 23.2. The second-order valence-electron chi connectivity index (χ2n) is 4.72. The van der Waals surface area contributed by atoms with E-state index >= 15 is 0 Å². The third kappa shape index (κ3) is 2.48. The Labute approximate surface area is 112 Å². The van der Waals surface area contributed by atoms with Gasteiger partial charge >= 0.3 is 12.1 Å². The summed E-state index contributed by atoms with van der Waals surface area (Å²) in [6.07, 6.45) is -4.58. The molecular weight excluding hydrogens is 275 g/mol. The molecule has 0 radical (unpaired) electrons. The van der Waals surface area contributed by atoms with E-state index in [4.69, 9.17) is 5.11 Å². The molecule has 1 heterocycles. The Bertz CT molecular complexity index is 539. The first kappa shape index (κ1) is 14.4. The van der Waals surface area contributed by atoms with Crippen molar-refractivity contribution in [1.82, 2.24) is 4.90 Å². The van der Waals surface area contributed by atoms with Gasteiger partial charge in [0.25, 0.3) is 0 Å². The number of rotatable bonds is 2. The Hall–Kier alpha value is -2.05. The van der Waals surface area contributed by atoms with E-state index < -0.39 is 29.7 Å². The minimum Gasteiger partial charge on any atom is -0.481 e. The van der Waals surface area contributed by atoms with Crippen molar-refractivity contribution >= 4 is 11.9 Å². The summed E-state index contributed by atoms with van der Waals surface area (Å²) in [5.41, 5.74) is -0.418. The van der Waals surface area contributed by atoms with E-state index in [0.717, 1.165) is 12.1 Å². The summed E-state index contributed by atoms with van der Waals surface area (Å²) < 4.78 is 37.4. The molecule has 1 N–H and O–H groups in total. The molecule has 0 spiro atoms. The number of alkyl halides is 3. The average Bonchev–Trinajstić information content (AvgIpc) is 2.65. The number of benzene rings is 1. The zero-order chi connectivity index (χ0) is 15.1. The minimum atomic E-state index is -4.44. The van der Waals surface area contributed by atoms with E-state index in [9.17, 15) is 22.8 Å². The van der Waals surface area contributed by atoms with Gasteiger partial charge in [-0.15, -0.1) is 0 Å². The lowest BCUT2D eigenvalue weighted by Gasteiger charge is -2.23. The van der Waals surface area contributed by atoms with Gasteiger partial charge in [0.05, 0.1) is 17.5 Å². The Morgan fingerprint density at radius 3 is 2.30 bits per heavy atom. The summed E-state index contributed by atoms with van der Waals surface area (Å²) in [5, 5.41) is 9.11. The summed E-state index contributed by atoms with van der Waals surface area (Å²) in [7, 11) is 1.45. The van der Waals surface area contributed by atoms with Crippen molar-refractivity contribution in [1.29, 1.82) is 0 Å². The third-order valence-electron chi connectivity index (χ3n) is 3.48. The molecule has 1 aliphatic heterocycles. The molecule has 1 aromatic rings. The minimum absolute atomic E-state index is 0.141. The lowest BCUT2D eigenvalue weighted by Crippen LogP contribution is -2.26. The molecule has 1 amide bonds. The van der Waals surface area contributed by atoms with E-state index in [0.29, 0.717) is 5.56 Å². The number of likely N-dealkylation sites (tertiary alicyclic amines) is 1. The topological polar surface area (TPSA) is 57.6 Å². The van der Waals surface area contributed by atoms with Crippen LogP contribution in [0.2, 0.25) is 0 Å². The van der Waals surface area contributed by atoms with Gasteiger partial charge in [0.2, 0.25) is 5.91 Å². The van der Waals surface area contributed by atoms with Crippen LogP contribution in [-0.4, -0.2) is 28.9 Å². The van der Waals surface area contributed by atoms with Crippen LogP contribution >= 0.6 is 0 Å². The monoisotopic (exact) mass is 287 g/mol. The zero-order valence-corrected chi connectivity index (χ0v) is 10.5. The number of carboxylic acids is 1. The van der Waals surface area contributed by atoms with Crippen LogP contribution in [0.15, 0.2) is 24.3 Å². The number of halogens is 3. The Kier molecular flexibility index (Phi) is 3.45. The highest BCUT2D eigenvalue weighted by molar-refractivity contribution is 5.87. The zero-order valence-electron chi connectivity index (χ0n) is 10.5. The molecule has 0 aliphatic carbocycles. The number of carbonyl (C=O) groups is 2. The van der Waals surface area contributed by atoms with Crippen LogP contribution < -0.4 is 0 Å². The van der Waals surface area contributed by atoms with E-state index in [2.05, 4.69) is 0 Å². The number of amides is 1. The summed E-state index contributed by atoms with van der Waals surface area (Å²) >= 11 is 0. The van der Waals surface area contributed by atoms with Crippen LogP contribution in [0.25, 0.3) is 0 Å². The van der Waals surface area contributed by atoms with Crippen LogP contribution in [0.3, 0.4) is 0 Å². The lowest BCUT2D eigenvalue weighted by molar-refractivity contribution is -0.143. The number of carbonyl (C=O) groups excluding carboxylic acids is 1. The van der Waals surface area contributed by atoms with Gasteiger partial charge < -0.3 is 10.0 Å². The van der Waals surface area contributed by atoms with Gasteiger partial charge in [0, 0.05) is 13.5 Å². The molecule has 1 aliphatic rings. The van der Waals surface area contributed by atoms with Crippen molar-refractivity contribution in [3.8, 4) is 0 Å². The highest BCUT2D eigenvalue weighted by atomic mass is 19.4. The average molecular weight is 287 g/mol. The van der Waals surface area contributed by atoms with Crippen molar-refractivity contribution in [3.63, 3.8) is 0 Å². The summed E-state index contributed by atoms with van der Waals surface area (Å²) in [4.78, 5) is 24.0. The van der Waals surface area contributed by atoms with Crippen LogP contribution in [0.5, 0.6) is 0 Å². The van der Waals surface area contributed by atoms with Crippen molar-refractivity contribution < 1.29 is 27.9 Å². The van der Waals surface area contributed by atoms with Gasteiger partial charge in [-0.3, -0.25) is 9.59 Å². The molecule has 0 saturated carbocycles. The number of carboxylic acid groups (broad SMARTS) is 1. The van der Waals surface area contributed by atoms with Crippen molar-refractivity contribution in [2.75, 3.05) is 7.05 Å². The van der Waals surface area contributed by atoms with Crippen LogP contribution in [0.4, 0.5) is 13.2 Å². The van der Waals surface area contributed by atoms with E-state index in [1.165, 1.54) is 24.1 Å². The largest absolute Gasteiger partial charge is 0.481 e. The Balaban J connectivity index is 2.34. The van der Waals surface area contributed by atoms with Gasteiger partial charge in [-0.2, -0.15) is 13.2 Å². The van der Waals surface area contributed by atoms with Crippen molar-refractivity contribution in [2.24, 2.45) is 5.92 Å². The Morgan fingerprint density at radius 2 is 1.85 bits per heavy atom. The summed E-state index contributed by atoms with van der Waals surface area (Å²) in [6.45, 7) is 0. The molecule has 108 valence electrons. The summed E-state index contributed by atoms with van der Waals surface area (Å²) in [6, 6.07) is 3.49. The fourth-order valence-corrected chi connectivity index (χ4v) is 2.42. The first-order valence-electron chi connectivity index (χ1n) is 5.87. The van der Waals surface area contributed by atoms with Crippen molar-refractivity contribution in [3.05, 3.63) is 35.4 Å². The molecule has 2 atom stereocenters. The second kappa shape index (κ2) is 4.81. The first-order valence-corrected chi connectivity index (χ1v) is 5.87. The van der Waals surface area contributed by atoms with Crippen LogP contribution in [0, 0.1) is 5.92 Å². The molecule has 7 heteroatoms. The quantitative estimate of drug-likeness (QED) is 0.908. The van der Waals surface area contributed by atoms with E-state index in [1.54, 1.807) is 0 Å². The van der Waals surface area contributed by atoms with Crippen LogP contribution in [0.1, 0.15) is 23.6 Å². The molecule has 4 nitrogen and oxygen atoms in total. The molecular formula is C13H12F3NO3. The highest BCUT2D eigenvalue weighted by Gasteiger charge is 2.43.